The van der Waals surface area contributed by atoms with Gasteiger partial charge in [-0.15, -0.1) is 0 Å². The van der Waals surface area contributed by atoms with Gasteiger partial charge < -0.3 is 5.32 Å². The summed E-state index contributed by atoms with van der Waals surface area (Å²) in [5, 5.41) is 2.91. The van der Waals surface area contributed by atoms with Crippen molar-refractivity contribution in [3.05, 3.63) is 28.1 Å². The van der Waals surface area contributed by atoms with E-state index in [1.807, 2.05) is 32.9 Å². The van der Waals surface area contributed by atoms with E-state index in [0.717, 1.165) is 14.6 Å². The molecule has 0 bridgehead atoms. The minimum atomic E-state index is -0.433. The number of halogens is 1. The average molecular weight is 355 g/mol. The van der Waals surface area contributed by atoms with E-state index < -0.39 is 5.41 Å². The zero-order valence-corrected chi connectivity index (χ0v) is 12.6. The van der Waals surface area contributed by atoms with E-state index in [1.54, 1.807) is 12.4 Å². The van der Waals surface area contributed by atoms with Crippen molar-refractivity contribution < 1.29 is 4.79 Å². The fourth-order valence-corrected chi connectivity index (χ4v) is 2.01. The maximum absolute atomic E-state index is 12.0. The van der Waals surface area contributed by atoms with Crippen LogP contribution in [0, 0.1) is 8.99 Å². The third kappa shape index (κ3) is 2.60. The van der Waals surface area contributed by atoms with Crippen molar-refractivity contribution in [1.82, 2.24) is 9.97 Å². The topological polar surface area (TPSA) is 54.9 Å². The predicted octanol–water partition coefficient (Wildman–Crippen LogP) is 3.22. The molecule has 0 aliphatic carbocycles. The number of nitrogens with zero attached hydrogens (tertiary/aromatic N) is 2. The lowest BCUT2D eigenvalue weighted by atomic mass is 9.95. The highest BCUT2D eigenvalue weighted by Crippen LogP contribution is 2.26. The first-order valence-electron chi connectivity index (χ1n) is 5.60. The van der Waals surface area contributed by atoms with E-state index >= 15 is 0 Å². The van der Waals surface area contributed by atoms with Crippen molar-refractivity contribution in [2.45, 2.75) is 20.8 Å². The molecule has 0 radical (unpaired) electrons. The Morgan fingerprint density at radius 3 is 2.39 bits per heavy atom. The van der Waals surface area contributed by atoms with Gasteiger partial charge in [0.2, 0.25) is 5.91 Å². The van der Waals surface area contributed by atoms with Gasteiger partial charge in [-0.2, -0.15) is 0 Å². The number of rotatable bonds is 1. The first-order valence-corrected chi connectivity index (χ1v) is 6.68. The summed E-state index contributed by atoms with van der Waals surface area (Å²) in [6, 6.07) is 3.79. The number of aromatic nitrogens is 2. The molecule has 2 rings (SSSR count). The molecule has 2 aromatic rings. The second-order valence-electron chi connectivity index (χ2n) is 5.05. The monoisotopic (exact) mass is 355 g/mol. The highest BCUT2D eigenvalue weighted by Gasteiger charge is 2.22. The molecule has 0 aliphatic heterocycles. The van der Waals surface area contributed by atoms with E-state index in [0.29, 0.717) is 5.69 Å². The highest BCUT2D eigenvalue weighted by molar-refractivity contribution is 14.1. The molecule has 1 aromatic heterocycles. The maximum Gasteiger partial charge on any atom is 0.229 e. The van der Waals surface area contributed by atoms with Crippen LogP contribution in [0.15, 0.2) is 24.5 Å². The van der Waals surface area contributed by atoms with Gasteiger partial charge in [0.25, 0.3) is 0 Å². The summed E-state index contributed by atoms with van der Waals surface area (Å²) in [7, 11) is 0. The number of amides is 1. The molecule has 0 saturated carbocycles. The molecule has 0 saturated heterocycles. The number of hydrogen-bond donors (Lipinski definition) is 1. The van der Waals surface area contributed by atoms with Crippen molar-refractivity contribution in [3.63, 3.8) is 0 Å². The minimum absolute atomic E-state index is 0.0318. The molecule has 1 amide bonds. The fourth-order valence-electron chi connectivity index (χ4n) is 1.43. The lowest BCUT2D eigenvalue weighted by Gasteiger charge is -2.18. The Hall–Kier alpha value is -1.24. The quantitative estimate of drug-likeness (QED) is 0.800. The Morgan fingerprint density at radius 2 is 1.78 bits per heavy atom. The summed E-state index contributed by atoms with van der Waals surface area (Å²) in [6.07, 6.45) is 3.28. The highest BCUT2D eigenvalue weighted by atomic mass is 127. The Labute approximate surface area is 119 Å². The van der Waals surface area contributed by atoms with Crippen LogP contribution in [0.5, 0.6) is 0 Å². The lowest BCUT2D eigenvalue weighted by molar-refractivity contribution is -0.123. The van der Waals surface area contributed by atoms with Gasteiger partial charge in [-0.25, -0.2) is 0 Å². The smallest absolute Gasteiger partial charge is 0.229 e. The van der Waals surface area contributed by atoms with Crippen LogP contribution >= 0.6 is 22.6 Å². The average Bonchev–Trinajstić information content (AvgIpc) is 2.32. The molecule has 94 valence electrons. The van der Waals surface area contributed by atoms with Gasteiger partial charge in [0.1, 0.15) is 11.0 Å². The van der Waals surface area contributed by atoms with Gasteiger partial charge in [-0.1, -0.05) is 20.8 Å². The summed E-state index contributed by atoms with van der Waals surface area (Å²) in [4.78, 5) is 20.6. The van der Waals surface area contributed by atoms with E-state index in [1.165, 1.54) is 0 Å². The van der Waals surface area contributed by atoms with Crippen LogP contribution in [0.4, 0.5) is 5.69 Å². The molecule has 0 spiro atoms. The predicted molar refractivity (Wildman–Crippen MR) is 80.3 cm³/mol. The number of hydrogen-bond acceptors (Lipinski definition) is 3. The normalized spacial score (nSPS) is 11.6. The second kappa shape index (κ2) is 4.79. The summed E-state index contributed by atoms with van der Waals surface area (Å²) < 4.78 is 1.02. The van der Waals surface area contributed by atoms with Gasteiger partial charge in [0.15, 0.2) is 0 Å². The fraction of sp³-hybridized carbons (Fsp3) is 0.308. The van der Waals surface area contributed by atoms with Crippen molar-refractivity contribution in [3.8, 4) is 0 Å². The summed E-state index contributed by atoms with van der Waals surface area (Å²) in [5.41, 5.74) is 1.81. The van der Waals surface area contributed by atoms with E-state index in [9.17, 15) is 4.79 Å². The third-order valence-corrected chi connectivity index (χ3v) is 3.38. The van der Waals surface area contributed by atoms with Crippen molar-refractivity contribution >= 4 is 45.2 Å². The molecule has 1 heterocycles. The summed E-state index contributed by atoms with van der Waals surface area (Å²) in [5.74, 6) is -0.0318. The van der Waals surface area contributed by atoms with Crippen LogP contribution in [-0.2, 0) is 4.79 Å². The summed E-state index contributed by atoms with van der Waals surface area (Å²) >= 11 is 2.21. The molecule has 0 atom stereocenters. The molecule has 1 aromatic carbocycles. The van der Waals surface area contributed by atoms with Crippen LogP contribution in [0.3, 0.4) is 0 Å². The molecular weight excluding hydrogens is 341 g/mol. The lowest BCUT2D eigenvalue weighted by Crippen LogP contribution is -2.27. The van der Waals surface area contributed by atoms with Gasteiger partial charge in [0, 0.05) is 21.4 Å². The number of fused-ring (bicyclic) bond motifs is 1. The van der Waals surface area contributed by atoms with E-state index in [2.05, 4.69) is 37.9 Å². The molecule has 1 N–H and O–H groups in total. The molecule has 0 aliphatic rings. The second-order valence-corrected chi connectivity index (χ2v) is 6.21. The van der Waals surface area contributed by atoms with E-state index in [-0.39, 0.29) is 5.91 Å². The number of anilines is 1. The van der Waals surface area contributed by atoms with Crippen molar-refractivity contribution in [2.75, 3.05) is 5.32 Å². The first kappa shape index (κ1) is 13.2. The summed E-state index contributed by atoms with van der Waals surface area (Å²) in [6.45, 7) is 5.63. The standard InChI is InChI=1S/C13H14IN3O/c1-13(2,3)12(18)17-9-5-4-8(14)10-11(9)16-7-6-15-10/h4-7H,1-3H3,(H,17,18). The zero-order chi connectivity index (χ0) is 13.3. The molecule has 0 fully saturated rings. The molecule has 0 unspecified atom stereocenters. The number of carbonyl (C=O) groups excluding carboxylic acids is 1. The Bertz CT molecular complexity index is 605. The number of nitrogens with one attached hydrogen (secondary N) is 1. The Kier molecular flexibility index (Phi) is 3.52. The largest absolute Gasteiger partial charge is 0.324 e. The molecule has 5 heteroatoms. The Balaban J connectivity index is 2.47. The van der Waals surface area contributed by atoms with Crippen molar-refractivity contribution in [2.24, 2.45) is 5.41 Å². The number of benzene rings is 1. The SMILES string of the molecule is CC(C)(C)C(=O)Nc1ccc(I)c2nccnc12. The zero-order valence-electron chi connectivity index (χ0n) is 10.5. The van der Waals surface area contributed by atoms with Gasteiger partial charge in [-0.3, -0.25) is 14.8 Å². The van der Waals surface area contributed by atoms with Crippen LogP contribution in [0.2, 0.25) is 0 Å². The Morgan fingerprint density at radius 1 is 1.17 bits per heavy atom. The van der Waals surface area contributed by atoms with Crippen LogP contribution < -0.4 is 5.32 Å². The minimum Gasteiger partial charge on any atom is -0.324 e. The van der Waals surface area contributed by atoms with E-state index in [4.69, 9.17) is 0 Å². The van der Waals surface area contributed by atoms with Crippen LogP contribution in [0.25, 0.3) is 11.0 Å². The van der Waals surface area contributed by atoms with Crippen LogP contribution in [-0.4, -0.2) is 15.9 Å². The van der Waals surface area contributed by atoms with Crippen molar-refractivity contribution in [1.29, 1.82) is 0 Å². The first-order chi connectivity index (χ1) is 8.39. The maximum atomic E-state index is 12.0. The molecule has 4 nitrogen and oxygen atoms in total. The number of carbonyl (C=O) groups is 1. The van der Waals surface area contributed by atoms with Gasteiger partial charge in [-0.05, 0) is 34.7 Å². The molecular formula is C13H14IN3O. The van der Waals surface area contributed by atoms with Gasteiger partial charge in [0.05, 0.1) is 5.69 Å². The third-order valence-electron chi connectivity index (χ3n) is 2.51. The van der Waals surface area contributed by atoms with Crippen LogP contribution in [0.1, 0.15) is 20.8 Å². The molecule has 18 heavy (non-hydrogen) atoms. The van der Waals surface area contributed by atoms with Gasteiger partial charge >= 0.3 is 0 Å².